The number of amides is 2. The number of rotatable bonds is 6. The summed E-state index contributed by atoms with van der Waals surface area (Å²) < 4.78 is 11.1. The number of nitrogens with one attached hydrogen (secondary N) is 2. The highest BCUT2D eigenvalue weighted by Gasteiger charge is 2.11. The molecule has 0 heterocycles. The lowest BCUT2D eigenvalue weighted by Crippen LogP contribution is -2.41. The summed E-state index contributed by atoms with van der Waals surface area (Å²) in [5.41, 5.74) is 6.17. The number of benzene rings is 2. The number of hydrogen-bond donors (Lipinski definition) is 2. The smallest absolute Gasteiger partial charge is 0.270 e. The average molecular weight is 407 g/mol. The van der Waals surface area contributed by atoms with Crippen molar-refractivity contribution in [3.05, 3.63) is 58.1 Å². The van der Waals surface area contributed by atoms with Crippen LogP contribution in [0.2, 0.25) is 0 Å². The third kappa shape index (κ3) is 5.49. The highest BCUT2D eigenvalue weighted by Crippen LogP contribution is 2.23. The first-order chi connectivity index (χ1) is 12.0. The van der Waals surface area contributed by atoms with Crippen molar-refractivity contribution >= 4 is 27.7 Å². The number of hydrogen-bond acceptors (Lipinski definition) is 4. The minimum atomic E-state index is -0.385. The number of hydrazine groups is 1. The van der Waals surface area contributed by atoms with Gasteiger partial charge >= 0.3 is 0 Å². The van der Waals surface area contributed by atoms with Crippen LogP contribution in [0.3, 0.4) is 0 Å². The molecule has 6 nitrogen and oxygen atoms in total. The minimum Gasteiger partial charge on any atom is -0.497 e. The van der Waals surface area contributed by atoms with E-state index in [9.17, 15) is 9.59 Å². The molecule has 0 aromatic heterocycles. The first-order valence-corrected chi connectivity index (χ1v) is 8.38. The van der Waals surface area contributed by atoms with E-state index in [0.29, 0.717) is 28.0 Å². The Morgan fingerprint density at radius 2 is 1.64 bits per heavy atom. The summed E-state index contributed by atoms with van der Waals surface area (Å²) in [6.07, 6.45) is 0.705. The maximum Gasteiger partial charge on any atom is 0.270 e. The number of aryl methyl sites for hydroxylation is 1. The molecule has 25 heavy (non-hydrogen) atoms. The SMILES string of the molecule is COc1cc(CCC(=O)NNC(=O)c2ccccc2Br)cc(OC)c1. The van der Waals surface area contributed by atoms with E-state index in [0.717, 1.165) is 5.56 Å². The predicted molar refractivity (Wildman–Crippen MR) is 97.6 cm³/mol. The monoisotopic (exact) mass is 406 g/mol. The van der Waals surface area contributed by atoms with Crippen LogP contribution in [0.5, 0.6) is 11.5 Å². The molecule has 2 aromatic carbocycles. The molecule has 7 heteroatoms. The topological polar surface area (TPSA) is 76.7 Å². The summed E-state index contributed by atoms with van der Waals surface area (Å²) in [4.78, 5) is 24.0. The van der Waals surface area contributed by atoms with Gasteiger partial charge in [0.1, 0.15) is 11.5 Å². The molecule has 0 aliphatic rings. The van der Waals surface area contributed by atoms with Crippen LogP contribution in [0.25, 0.3) is 0 Å². The molecule has 0 aliphatic heterocycles. The van der Waals surface area contributed by atoms with Gasteiger partial charge in [0, 0.05) is 17.0 Å². The predicted octanol–water partition coefficient (Wildman–Crippen LogP) is 2.86. The zero-order chi connectivity index (χ0) is 18.2. The number of carbonyl (C=O) groups is 2. The van der Waals surface area contributed by atoms with Crippen LogP contribution in [0, 0.1) is 0 Å². The Labute approximate surface area is 154 Å². The molecule has 0 saturated heterocycles. The molecule has 0 radical (unpaired) electrons. The summed E-state index contributed by atoms with van der Waals surface area (Å²) in [5, 5.41) is 0. The fourth-order valence-corrected chi connectivity index (χ4v) is 2.64. The second kappa shape index (κ2) is 9.08. The largest absolute Gasteiger partial charge is 0.497 e. The Kier molecular flexibility index (Phi) is 6.82. The van der Waals surface area contributed by atoms with Gasteiger partial charge in [-0.05, 0) is 52.2 Å². The van der Waals surface area contributed by atoms with Gasteiger partial charge in [-0.2, -0.15) is 0 Å². The number of halogens is 1. The summed E-state index contributed by atoms with van der Waals surface area (Å²) in [7, 11) is 3.14. The van der Waals surface area contributed by atoms with Gasteiger partial charge in [-0.25, -0.2) is 0 Å². The Bertz CT molecular complexity index is 742. The summed E-state index contributed by atoms with van der Waals surface area (Å²) in [6, 6.07) is 12.4. The van der Waals surface area contributed by atoms with Crippen LogP contribution in [-0.2, 0) is 11.2 Å². The van der Waals surface area contributed by atoms with Crippen molar-refractivity contribution < 1.29 is 19.1 Å². The van der Waals surface area contributed by atoms with Gasteiger partial charge in [-0.1, -0.05) is 12.1 Å². The van der Waals surface area contributed by atoms with Gasteiger partial charge < -0.3 is 9.47 Å². The Morgan fingerprint density at radius 3 is 2.24 bits per heavy atom. The van der Waals surface area contributed by atoms with Crippen molar-refractivity contribution in [2.24, 2.45) is 0 Å². The van der Waals surface area contributed by atoms with E-state index in [4.69, 9.17) is 9.47 Å². The lowest BCUT2D eigenvalue weighted by Gasteiger charge is -2.10. The standard InChI is InChI=1S/C18H19BrN2O4/c1-24-13-9-12(10-14(11-13)25-2)7-8-17(22)20-21-18(23)15-5-3-4-6-16(15)19/h3-6,9-11H,7-8H2,1-2H3,(H,20,22)(H,21,23). The fourth-order valence-electron chi connectivity index (χ4n) is 2.17. The van der Waals surface area contributed by atoms with Crippen molar-refractivity contribution in [2.75, 3.05) is 14.2 Å². The van der Waals surface area contributed by atoms with Crippen molar-refractivity contribution in [3.63, 3.8) is 0 Å². The zero-order valence-electron chi connectivity index (χ0n) is 14.0. The molecule has 0 unspecified atom stereocenters. The molecule has 0 bridgehead atoms. The van der Waals surface area contributed by atoms with E-state index in [1.54, 1.807) is 38.5 Å². The molecule has 2 amide bonds. The maximum absolute atomic E-state index is 12.0. The molecular weight excluding hydrogens is 388 g/mol. The molecule has 132 valence electrons. The zero-order valence-corrected chi connectivity index (χ0v) is 15.6. The van der Waals surface area contributed by atoms with E-state index in [1.165, 1.54) is 0 Å². The highest BCUT2D eigenvalue weighted by atomic mass is 79.9. The van der Waals surface area contributed by atoms with E-state index in [-0.39, 0.29) is 18.2 Å². The van der Waals surface area contributed by atoms with Crippen LogP contribution in [0.15, 0.2) is 46.9 Å². The number of methoxy groups -OCH3 is 2. The van der Waals surface area contributed by atoms with Crippen LogP contribution in [0.4, 0.5) is 0 Å². The quantitative estimate of drug-likeness (QED) is 0.723. The van der Waals surface area contributed by atoms with Crippen molar-refractivity contribution in [1.82, 2.24) is 10.9 Å². The first-order valence-electron chi connectivity index (χ1n) is 7.59. The molecule has 0 aliphatic carbocycles. The van der Waals surface area contributed by atoms with Crippen LogP contribution < -0.4 is 20.3 Å². The van der Waals surface area contributed by atoms with Gasteiger partial charge in [0.2, 0.25) is 5.91 Å². The van der Waals surface area contributed by atoms with Crippen LogP contribution >= 0.6 is 15.9 Å². The van der Waals surface area contributed by atoms with Gasteiger partial charge in [0.15, 0.2) is 0 Å². The first kappa shape index (κ1) is 18.8. The summed E-state index contributed by atoms with van der Waals surface area (Å²) in [6.45, 7) is 0. The second-order valence-electron chi connectivity index (χ2n) is 5.20. The molecular formula is C18H19BrN2O4. The van der Waals surface area contributed by atoms with Crippen molar-refractivity contribution in [1.29, 1.82) is 0 Å². The third-order valence-corrected chi connectivity index (χ3v) is 4.18. The lowest BCUT2D eigenvalue weighted by molar-refractivity contribution is -0.121. The molecule has 2 aromatic rings. The fraction of sp³-hybridized carbons (Fsp3) is 0.222. The average Bonchev–Trinajstić information content (AvgIpc) is 2.64. The second-order valence-corrected chi connectivity index (χ2v) is 6.06. The molecule has 0 saturated carbocycles. The van der Waals surface area contributed by atoms with Crippen LogP contribution in [-0.4, -0.2) is 26.0 Å². The normalized spacial score (nSPS) is 10.0. The minimum absolute atomic E-state index is 0.215. The van der Waals surface area contributed by atoms with Gasteiger partial charge in [-0.3, -0.25) is 20.4 Å². The lowest BCUT2D eigenvalue weighted by atomic mass is 10.1. The van der Waals surface area contributed by atoms with E-state index in [2.05, 4.69) is 26.8 Å². The molecule has 0 fully saturated rings. The van der Waals surface area contributed by atoms with Crippen LogP contribution in [0.1, 0.15) is 22.3 Å². The Hall–Kier alpha value is -2.54. The highest BCUT2D eigenvalue weighted by molar-refractivity contribution is 9.10. The Morgan fingerprint density at radius 1 is 1.00 bits per heavy atom. The third-order valence-electron chi connectivity index (χ3n) is 3.49. The maximum atomic E-state index is 12.0. The van der Waals surface area contributed by atoms with Crippen molar-refractivity contribution in [3.8, 4) is 11.5 Å². The van der Waals surface area contributed by atoms with E-state index in [1.807, 2.05) is 18.2 Å². The van der Waals surface area contributed by atoms with E-state index < -0.39 is 0 Å². The van der Waals surface area contributed by atoms with Gasteiger partial charge in [0.05, 0.1) is 19.8 Å². The van der Waals surface area contributed by atoms with Gasteiger partial charge in [0.25, 0.3) is 5.91 Å². The molecule has 2 rings (SSSR count). The van der Waals surface area contributed by atoms with E-state index >= 15 is 0 Å². The van der Waals surface area contributed by atoms with Gasteiger partial charge in [-0.15, -0.1) is 0 Å². The summed E-state index contributed by atoms with van der Waals surface area (Å²) >= 11 is 3.30. The Balaban J connectivity index is 1.87. The summed E-state index contributed by atoms with van der Waals surface area (Å²) in [5.74, 6) is 0.653. The van der Waals surface area contributed by atoms with Crippen molar-refractivity contribution in [2.45, 2.75) is 12.8 Å². The molecule has 2 N–H and O–H groups in total. The number of carbonyl (C=O) groups excluding carboxylic acids is 2. The number of ether oxygens (including phenoxy) is 2. The molecule has 0 atom stereocenters. The molecule has 0 spiro atoms.